The molecule has 7 nitrogen and oxygen atoms in total. The van der Waals surface area contributed by atoms with Gasteiger partial charge in [-0.3, -0.25) is 14.7 Å². The first-order valence-electron chi connectivity index (χ1n) is 9.92. The standard InChI is InChI=1S/C21H28N4O3S/c1-3-17(2)23-29(27,28)20-6-4-19(5-7-20)21(26)25-14-12-24(13-15-25)16-18-8-10-22-11-9-18/h4-11,17,23H,3,12-16H2,1-2H3. The van der Waals surface area contributed by atoms with Crippen molar-refractivity contribution in [1.82, 2.24) is 19.5 Å². The van der Waals surface area contributed by atoms with E-state index in [1.165, 1.54) is 17.7 Å². The van der Waals surface area contributed by atoms with Gasteiger partial charge in [0, 0.05) is 56.7 Å². The number of nitrogens with zero attached hydrogens (tertiary/aromatic N) is 3. The van der Waals surface area contributed by atoms with Crippen molar-refractivity contribution >= 4 is 15.9 Å². The Kier molecular flexibility index (Phi) is 7.00. The molecule has 1 fully saturated rings. The molecule has 3 rings (SSSR count). The van der Waals surface area contributed by atoms with Crippen LogP contribution >= 0.6 is 0 Å². The summed E-state index contributed by atoms with van der Waals surface area (Å²) in [6.45, 7) is 7.51. The van der Waals surface area contributed by atoms with E-state index < -0.39 is 10.0 Å². The minimum absolute atomic E-state index is 0.0626. The van der Waals surface area contributed by atoms with E-state index in [9.17, 15) is 13.2 Å². The van der Waals surface area contributed by atoms with Gasteiger partial charge in [-0.25, -0.2) is 13.1 Å². The van der Waals surface area contributed by atoms with Crippen LogP contribution < -0.4 is 4.72 Å². The molecule has 0 radical (unpaired) electrons. The Balaban J connectivity index is 1.57. The zero-order valence-corrected chi connectivity index (χ0v) is 17.7. The Labute approximate surface area is 172 Å². The predicted molar refractivity (Wildman–Crippen MR) is 112 cm³/mol. The van der Waals surface area contributed by atoms with Gasteiger partial charge in [-0.15, -0.1) is 0 Å². The van der Waals surface area contributed by atoms with Gasteiger partial charge in [-0.2, -0.15) is 0 Å². The number of rotatable bonds is 7. The van der Waals surface area contributed by atoms with Crippen LogP contribution in [0.15, 0.2) is 53.7 Å². The first-order chi connectivity index (χ1) is 13.9. The van der Waals surface area contributed by atoms with Gasteiger partial charge in [0.05, 0.1) is 4.90 Å². The number of aromatic nitrogens is 1. The van der Waals surface area contributed by atoms with E-state index in [1.807, 2.05) is 30.9 Å². The largest absolute Gasteiger partial charge is 0.336 e. The summed E-state index contributed by atoms with van der Waals surface area (Å²) >= 11 is 0. The number of carbonyl (C=O) groups excluding carboxylic acids is 1. The SMILES string of the molecule is CCC(C)NS(=O)(=O)c1ccc(C(=O)N2CCN(Cc3ccncc3)CC2)cc1. The molecule has 1 aromatic heterocycles. The number of nitrogens with one attached hydrogen (secondary N) is 1. The summed E-state index contributed by atoms with van der Waals surface area (Å²) in [5, 5.41) is 0. The first-order valence-corrected chi connectivity index (χ1v) is 11.4. The number of pyridine rings is 1. The maximum absolute atomic E-state index is 12.8. The monoisotopic (exact) mass is 416 g/mol. The number of amides is 1. The molecule has 1 saturated heterocycles. The molecular weight excluding hydrogens is 388 g/mol. The summed E-state index contributed by atoms with van der Waals surface area (Å²) in [6, 6.07) is 10.1. The van der Waals surface area contributed by atoms with Crippen LogP contribution in [0.4, 0.5) is 0 Å². The van der Waals surface area contributed by atoms with Crippen molar-refractivity contribution in [2.45, 2.75) is 37.8 Å². The number of piperazine rings is 1. The predicted octanol–water partition coefficient (Wildman–Crippen LogP) is 2.12. The molecule has 1 aliphatic rings. The minimum atomic E-state index is -3.56. The molecule has 29 heavy (non-hydrogen) atoms. The van der Waals surface area contributed by atoms with Crippen LogP contribution in [0, 0.1) is 0 Å². The maximum atomic E-state index is 12.8. The lowest BCUT2D eigenvalue weighted by Gasteiger charge is -2.34. The van der Waals surface area contributed by atoms with E-state index in [2.05, 4.69) is 14.6 Å². The number of benzene rings is 1. The highest BCUT2D eigenvalue weighted by Gasteiger charge is 2.23. The van der Waals surface area contributed by atoms with E-state index in [4.69, 9.17) is 0 Å². The smallest absolute Gasteiger partial charge is 0.253 e. The lowest BCUT2D eigenvalue weighted by molar-refractivity contribution is 0.0628. The summed E-state index contributed by atoms with van der Waals surface area (Å²) in [7, 11) is -3.56. The van der Waals surface area contributed by atoms with Gasteiger partial charge in [-0.05, 0) is 55.3 Å². The van der Waals surface area contributed by atoms with Crippen LogP contribution in [0.3, 0.4) is 0 Å². The Bertz CT molecular complexity index is 909. The molecule has 0 aliphatic carbocycles. The minimum Gasteiger partial charge on any atom is -0.336 e. The molecule has 1 atom stereocenters. The molecule has 8 heteroatoms. The molecule has 1 amide bonds. The Morgan fingerprint density at radius 3 is 2.28 bits per heavy atom. The van der Waals surface area contributed by atoms with Gasteiger partial charge >= 0.3 is 0 Å². The van der Waals surface area contributed by atoms with Gasteiger partial charge < -0.3 is 4.90 Å². The third-order valence-corrected chi connectivity index (χ3v) is 6.80. The van der Waals surface area contributed by atoms with Crippen molar-refractivity contribution in [2.75, 3.05) is 26.2 Å². The number of carbonyl (C=O) groups is 1. The van der Waals surface area contributed by atoms with Gasteiger partial charge in [0.2, 0.25) is 10.0 Å². The Morgan fingerprint density at radius 1 is 1.07 bits per heavy atom. The van der Waals surface area contributed by atoms with E-state index in [0.717, 1.165) is 19.6 Å². The fourth-order valence-corrected chi connectivity index (χ4v) is 4.56. The molecule has 1 aromatic carbocycles. The quantitative estimate of drug-likeness (QED) is 0.748. The highest BCUT2D eigenvalue weighted by molar-refractivity contribution is 7.89. The molecule has 156 valence electrons. The summed E-state index contributed by atoms with van der Waals surface area (Å²) < 4.78 is 27.3. The fraction of sp³-hybridized carbons (Fsp3) is 0.429. The number of hydrogen-bond acceptors (Lipinski definition) is 5. The van der Waals surface area contributed by atoms with E-state index in [0.29, 0.717) is 25.1 Å². The topological polar surface area (TPSA) is 82.6 Å². The van der Waals surface area contributed by atoms with Crippen molar-refractivity contribution in [3.8, 4) is 0 Å². The summed E-state index contributed by atoms with van der Waals surface area (Å²) in [5.74, 6) is -0.0626. The average molecular weight is 417 g/mol. The molecule has 1 unspecified atom stereocenters. The molecular formula is C21H28N4O3S. The van der Waals surface area contributed by atoms with E-state index in [-0.39, 0.29) is 16.8 Å². The molecule has 0 spiro atoms. The lowest BCUT2D eigenvalue weighted by Crippen LogP contribution is -2.48. The van der Waals surface area contributed by atoms with Crippen LogP contribution in [0.2, 0.25) is 0 Å². The van der Waals surface area contributed by atoms with Crippen molar-refractivity contribution in [3.05, 3.63) is 59.9 Å². The third-order valence-electron chi connectivity index (χ3n) is 5.20. The molecule has 1 aliphatic heterocycles. The van der Waals surface area contributed by atoms with Crippen molar-refractivity contribution < 1.29 is 13.2 Å². The molecule has 2 aromatic rings. The summed E-state index contributed by atoms with van der Waals surface area (Å²) in [6.07, 6.45) is 4.29. The van der Waals surface area contributed by atoms with Crippen LogP contribution in [0.25, 0.3) is 0 Å². The van der Waals surface area contributed by atoms with E-state index in [1.54, 1.807) is 24.5 Å². The van der Waals surface area contributed by atoms with Crippen LogP contribution in [0.5, 0.6) is 0 Å². The molecule has 0 bridgehead atoms. The second-order valence-corrected chi connectivity index (χ2v) is 9.09. The Morgan fingerprint density at radius 2 is 1.69 bits per heavy atom. The van der Waals surface area contributed by atoms with Gasteiger partial charge in [0.1, 0.15) is 0 Å². The first kappa shape index (κ1) is 21.4. The van der Waals surface area contributed by atoms with E-state index >= 15 is 0 Å². The number of hydrogen-bond donors (Lipinski definition) is 1. The zero-order chi connectivity index (χ0) is 20.9. The Hall–Kier alpha value is -2.29. The summed E-state index contributed by atoms with van der Waals surface area (Å²) in [5.41, 5.74) is 1.72. The van der Waals surface area contributed by atoms with Crippen LogP contribution in [-0.4, -0.2) is 61.3 Å². The average Bonchev–Trinajstić information content (AvgIpc) is 2.74. The normalized spacial score (nSPS) is 16.6. The van der Waals surface area contributed by atoms with Crippen molar-refractivity contribution in [1.29, 1.82) is 0 Å². The van der Waals surface area contributed by atoms with Gasteiger partial charge in [0.25, 0.3) is 5.91 Å². The highest BCUT2D eigenvalue weighted by Crippen LogP contribution is 2.15. The fourth-order valence-electron chi connectivity index (χ4n) is 3.23. The lowest BCUT2D eigenvalue weighted by atomic mass is 10.1. The van der Waals surface area contributed by atoms with Crippen LogP contribution in [-0.2, 0) is 16.6 Å². The molecule has 2 heterocycles. The van der Waals surface area contributed by atoms with Crippen LogP contribution in [0.1, 0.15) is 36.2 Å². The third kappa shape index (κ3) is 5.62. The maximum Gasteiger partial charge on any atom is 0.253 e. The van der Waals surface area contributed by atoms with Crippen molar-refractivity contribution in [3.63, 3.8) is 0 Å². The van der Waals surface area contributed by atoms with Gasteiger partial charge in [0.15, 0.2) is 0 Å². The molecule has 1 N–H and O–H groups in total. The zero-order valence-electron chi connectivity index (χ0n) is 16.9. The summed E-state index contributed by atoms with van der Waals surface area (Å²) in [4.78, 5) is 21.1. The van der Waals surface area contributed by atoms with Gasteiger partial charge in [-0.1, -0.05) is 6.92 Å². The number of sulfonamides is 1. The second-order valence-electron chi connectivity index (χ2n) is 7.38. The second kappa shape index (κ2) is 9.47. The molecule has 0 saturated carbocycles. The van der Waals surface area contributed by atoms with Crippen molar-refractivity contribution in [2.24, 2.45) is 0 Å². The highest BCUT2D eigenvalue weighted by atomic mass is 32.2.